The third-order valence-corrected chi connectivity index (χ3v) is 3.90. The predicted octanol–water partition coefficient (Wildman–Crippen LogP) is 6.00. The molecule has 2 N–H and O–H groups in total. The molecule has 0 spiro atoms. The molecule has 0 aliphatic heterocycles. The van der Waals surface area contributed by atoms with E-state index in [0.29, 0.717) is 11.5 Å². The lowest BCUT2D eigenvalue weighted by atomic mass is 9.78. The van der Waals surface area contributed by atoms with Crippen molar-refractivity contribution in [1.82, 2.24) is 0 Å². The van der Waals surface area contributed by atoms with Crippen LogP contribution in [0.25, 0.3) is 0 Å². The van der Waals surface area contributed by atoms with Crippen LogP contribution in [0.3, 0.4) is 0 Å². The Morgan fingerprint density at radius 2 is 1.00 bits per heavy atom. The van der Waals surface area contributed by atoms with Gasteiger partial charge in [-0.15, -0.1) is 0 Å². The van der Waals surface area contributed by atoms with E-state index in [-0.39, 0.29) is 10.8 Å². The van der Waals surface area contributed by atoms with Gasteiger partial charge < -0.3 is 10.2 Å². The van der Waals surface area contributed by atoms with E-state index in [1.807, 2.05) is 19.1 Å². The van der Waals surface area contributed by atoms with Gasteiger partial charge in [-0.05, 0) is 47.9 Å². The predicted molar refractivity (Wildman–Crippen MR) is 103 cm³/mol. The largest absolute Gasteiger partial charge is 0.508 e. The van der Waals surface area contributed by atoms with Crippen molar-refractivity contribution in [3.8, 4) is 11.5 Å². The van der Waals surface area contributed by atoms with Crippen molar-refractivity contribution in [2.45, 2.75) is 66.2 Å². The molecule has 2 rings (SSSR count). The van der Waals surface area contributed by atoms with Gasteiger partial charge in [-0.25, -0.2) is 0 Å². The topological polar surface area (TPSA) is 40.5 Å². The van der Waals surface area contributed by atoms with Gasteiger partial charge in [-0.1, -0.05) is 76.9 Å². The van der Waals surface area contributed by atoms with E-state index in [1.54, 1.807) is 12.1 Å². The van der Waals surface area contributed by atoms with E-state index in [0.717, 1.165) is 11.1 Å². The average Bonchev–Trinajstić information content (AvgIpc) is 2.42. The molecule has 0 fully saturated rings. The van der Waals surface area contributed by atoms with Crippen LogP contribution in [0.2, 0.25) is 0 Å². The first-order valence-electron chi connectivity index (χ1n) is 8.42. The van der Waals surface area contributed by atoms with Crippen LogP contribution in [0.4, 0.5) is 0 Å². The Morgan fingerprint density at radius 1 is 0.625 bits per heavy atom. The molecule has 0 atom stereocenters. The lowest BCUT2D eigenvalue weighted by Crippen LogP contribution is -2.17. The zero-order chi connectivity index (χ0) is 18.7. The Bertz CT molecular complexity index is 613. The summed E-state index contributed by atoms with van der Waals surface area (Å²) in [6, 6.07) is 11.3. The average molecular weight is 328 g/mol. The molecule has 2 aromatic rings. The van der Waals surface area contributed by atoms with Crippen LogP contribution in [0.5, 0.6) is 11.5 Å². The number of phenolic OH excluding ortho intramolecular Hbond substituents is 2. The highest BCUT2D eigenvalue weighted by Gasteiger charge is 2.25. The molecule has 0 saturated heterocycles. The summed E-state index contributed by atoms with van der Waals surface area (Å²) in [7, 11) is 0. The molecule has 24 heavy (non-hydrogen) atoms. The molecule has 0 unspecified atom stereocenters. The van der Waals surface area contributed by atoms with Crippen LogP contribution in [-0.2, 0) is 10.8 Å². The summed E-state index contributed by atoms with van der Waals surface area (Å²) < 4.78 is 0. The molecular formula is C22H32O2. The van der Waals surface area contributed by atoms with Crippen molar-refractivity contribution in [2.24, 2.45) is 0 Å². The highest BCUT2D eigenvalue weighted by atomic mass is 16.3. The molecule has 0 aliphatic carbocycles. The number of phenols is 2. The summed E-state index contributed by atoms with van der Waals surface area (Å²) in [4.78, 5) is 0. The van der Waals surface area contributed by atoms with Crippen molar-refractivity contribution >= 4 is 0 Å². The van der Waals surface area contributed by atoms with Crippen molar-refractivity contribution < 1.29 is 10.2 Å². The van der Waals surface area contributed by atoms with Crippen molar-refractivity contribution in [3.05, 3.63) is 58.7 Å². The molecule has 0 aliphatic rings. The van der Waals surface area contributed by atoms with Crippen LogP contribution in [-0.4, -0.2) is 10.2 Å². The van der Waals surface area contributed by atoms with Crippen molar-refractivity contribution in [3.63, 3.8) is 0 Å². The standard InChI is InChI=1S/C15H24O.C7H8O/c1-10-8-11(14(2,3)4)13(16)12(9-10)15(5,6)7;1-6-2-4-7(8)5-3-6/h8-9,16H,1-7H3;2-5,8H,1H3. The molecule has 2 aromatic carbocycles. The number of hydrogen-bond acceptors (Lipinski definition) is 2. The van der Waals surface area contributed by atoms with Gasteiger partial charge in [-0.3, -0.25) is 0 Å². The fraction of sp³-hybridized carbons (Fsp3) is 0.455. The summed E-state index contributed by atoms with van der Waals surface area (Å²) in [5, 5.41) is 19.1. The minimum atomic E-state index is -0.0178. The molecular weight excluding hydrogens is 296 g/mol. The minimum Gasteiger partial charge on any atom is -0.508 e. The van der Waals surface area contributed by atoms with Crippen molar-refractivity contribution in [2.75, 3.05) is 0 Å². The first kappa shape index (κ1) is 20.1. The molecule has 2 nitrogen and oxygen atoms in total. The van der Waals surface area contributed by atoms with Crippen LogP contribution < -0.4 is 0 Å². The summed E-state index contributed by atoms with van der Waals surface area (Å²) in [6.07, 6.45) is 0. The molecule has 0 saturated carbocycles. The SMILES string of the molecule is Cc1cc(C(C)(C)C)c(O)c(C(C)(C)C)c1.Cc1ccc(O)cc1. The Morgan fingerprint density at radius 3 is 1.29 bits per heavy atom. The maximum absolute atomic E-state index is 10.4. The van der Waals surface area contributed by atoms with Gasteiger partial charge in [0.25, 0.3) is 0 Å². The zero-order valence-electron chi connectivity index (χ0n) is 16.4. The lowest BCUT2D eigenvalue weighted by Gasteiger charge is -2.27. The molecule has 132 valence electrons. The van der Waals surface area contributed by atoms with E-state index in [4.69, 9.17) is 5.11 Å². The van der Waals surface area contributed by atoms with Gasteiger partial charge in [0, 0.05) is 0 Å². The number of rotatable bonds is 0. The molecule has 0 radical (unpaired) electrons. The summed E-state index contributed by atoms with van der Waals surface area (Å²) in [6.45, 7) is 16.9. The first-order chi connectivity index (χ1) is 10.8. The second-order valence-electron chi connectivity index (χ2n) is 8.54. The zero-order valence-corrected chi connectivity index (χ0v) is 16.4. The van der Waals surface area contributed by atoms with E-state index in [1.165, 1.54) is 11.1 Å². The summed E-state index contributed by atoms with van der Waals surface area (Å²) in [5.74, 6) is 0.793. The highest BCUT2D eigenvalue weighted by Crippen LogP contribution is 2.39. The van der Waals surface area contributed by atoms with Crippen LogP contribution in [0.15, 0.2) is 36.4 Å². The lowest BCUT2D eigenvalue weighted by molar-refractivity contribution is 0.423. The quantitative estimate of drug-likeness (QED) is 0.623. The normalized spacial score (nSPS) is 11.7. The van der Waals surface area contributed by atoms with E-state index in [9.17, 15) is 5.11 Å². The minimum absolute atomic E-state index is 0.0178. The van der Waals surface area contributed by atoms with Crippen molar-refractivity contribution in [1.29, 1.82) is 0 Å². The maximum Gasteiger partial charge on any atom is 0.123 e. The monoisotopic (exact) mass is 328 g/mol. The second kappa shape index (κ2) is 7.29. The summed E-state index contributed by atoms with van der Waals surface area (Å²) >= 11 is 0. The fourth-order valence-electron chi connectivity index (χ4n) is 2.47. The number of benzene rings is 2. The molecule has 0 bridgehead atoms. The highest BCUT2D eigenvalue weighted by molar-refractivity contribution is 5.49. The van der Waals surface area contributed by atoms with E-state index in [2.05, 4.69) is 60.6 Å². The maximum atomic E-state index is 10.4. The number of hydrogen-bond donors (Lipinski definition) is 2. The Kier molecular flexibility index (Phi) is 6.10. The number of aryl methyl sites for hydroxylation is 2. The third kappa shape index (κ3) is 5.59. The Labute approximate surface area is 147 Å². The molecule has 2 heteroatoms. The van der Waals surface area contributed by atoms with Gasteiger partial charge in [0.2, 0.25) is 0 Å². The van der Waals surface area contributed by atoms with E-state index < -0.39 is 0 Å². The second-order valence-corrected chi connectivity index (χ2v) is 8.54. The smallest absolute Gasteiger partial charge is 0.123 e. The summed E-state index contributed by atoms with van der Waals surface area (Å²) in [5.41, 5.74) is 4.43. The van der Waals surface area contributed by atoms with Gasteiger partial charge in [0.05, 0.1) is 0 Å². The van der Waals surface area contributed by atoms with Gasteiger partial charge in [-0.2, -0.15) is 0 Å². The molecule has 0 amide bonds. The van der Waals surface area contributed by atoms with Gasteiger partial charge in [0.15, 0.2) is 0 Å². The molecule has 0 heterocycles. The number of aromatic hydroxyl groups is 2. The fourth-order valence-corrected chi connectivity index (χ4v) is 2.47. The van der Waals surface area contributed by atoms with Gasteiger partial charge in [0.1, 0.15) is 11.5 Å². The molecule has 0 aromatic heterocycles. The van der Waals surface area contributed by atoms with Gasteiger partial charge >= 0.3 is 0 Å². The van der Waals surface area contributed by atoms with E-state index >= 15 is 0 Å². The van der Waals surface area contributed by atoms with Crippen LogP contribution >= 0.6 is 0 Å². The first-order valence-corrected chi connectivity index (χ1v) is 8.42. The Balaban J connectivity index is 0.000000300. The Hall–Kier alpha value is -1.96. The van der Waals surface area contributed by atoms with Crippen LogP contribution in [0, 0.1) is 13.8 Å². The van der Waals surface area contributed by atoms with Crippen LogP contribution in [0.1, 0.15) is 63.8 Å². The third-order valence-electron chi connectivity index (χ3n) is 3.90.